The second kappa shape index (κ2) is 12.3. The molecule has 11 heteroatoms. The first-order chi connectivity index (χ1) is 12.1. The summed E-state index contributed by atoms with van der Waals surface area (Å²) in [5, 5.41) is 18.0. The van der Waals surface area contributed by atoms with Crippen molar-refractivity contribution in [3.05, 3.63) is 0 Å². The molecule has 0 aliphatic carbocycles. The third kappa shape index (κ3) is 8.85. The summed E-state index contributed by atoms with van der Waals surface area (Å²) < 4.78 is 24.8. The van der Waals surface area contributed by atoms with Crippen LogP contribution in [0.3, 0.4) is 0 Å². The van der Waals surface area contributed by atoms with Crippen LogP contribution in [-0.2, 0) is 42.9 Å². The topological polar surface area (TPSA) is 155 Å². The number of Topliss-reactive ketones (excluding diaryl/α,β-unsaturated/α-hetero) is 1. The predicted octanol–water partition coefficient (Wildman–Crippen LogP) is -1.33. The average Bonchev–Trinajstić information content (AvgIpc) is 2.52. The molecule has 0 saturated carbocycles. The zero-order chi connectivity index (χ0) is 20.3. The first-order valence-corrected chi connectivity index (χ1v) is 7.57. The molecule has 0 aromatic heterocycles. The van der Waals surface area contributed by atoms with Gasteiger partial charge in [-0.2, -0.15) is 0 Å². The van der Waals surface area contributed by atoms with Gasteiger partial charge in [-0.05, 0) is 6.92 Å². The van der Waals surface area contributed by atoms with Crippen molar-refractivity contribution in [1.82, 2.24) is 0 Å². The molecule has 0 aromatic rings. The van der Waals surface area contributed by atoms with Gasteiger partial charge < -0.3 is 33.9 Å². The first-order valence-electron chi connectivity index (χ1n) is 7.57. The van der Waals surface area contributed by atoms with Crippen molar-refractivity contribution < 1.29 is 53.1 Å². The number of hydrogen-bond donors (Lipinski definition) is 2. The van der Waals surface area contributed by atoms with E-state index in [4.69, 9.17) is 33.9 Å². The normalized spacial score (nSPS) is 15.3. The van der Waals surface area contributed by atoms with Crippen LogP contribution in [0.25, 0.3) is 0 Å². The van der Waals surface area contributed by atoms with Gasteiger partial charge in [-0.1, -0.05) is 0 Å². The smallest absolute Gasteiger partial charge is 0.303 e. The SMILES string of the molecule is CC(=O)OCC(OCO)C(OC(C)=O)C(OC(C)=O)C(OCO)C(C)=O. The molecule has 4 unspecified atom stereocenters. The Morgan fingerprint density at radius 3 is 1.65 bits per heavy atom. The molecule has 0 rings (SSSR count). The number of carbonyl (C=O) groups is 4. The highest BCUT2D eigenvalue weighted by Gasteiger charge is 2.43. The second-order valence-corrected chi connectivity index (χ2v) is 5.11. The number of aliphatic hydroxyl groups excluding tert-OH is 2. The fourth-order valence-electron chi connectivity index (χ4n) is 2.10. The summed E-state index contributed by atoms with van der Waals surface area (Å²) in [6.45, 7) is 2.11. The Kier molecular flexibility index (Phi) is 11.3. The van der Waals surface area contributed by atoms with Crippen LogP contribution < -0.4 is 0 Å². The summed E-state index contributed by atoms with van der Waals surface area (Å²) in [4.78, 5) is 45.8. The number of carbonyl (C=O) groups excluding carboxylic acids is 4. The molecular weight excluding hydrogens is 356 g/mol. The maximum Gasteiger partial charge on any atom is 0.303 e. The summed E-state index contributed by atoms with van der Waals surface area (Å²) >= 11 is 0. The highest BCUT2D eigenvalue weighted by molar-refractivity contribution is 5.82. The average molecular weight is 380 g/mol. The van der Waals surface area contributed by atoms with Gasteiger partial charge in [-0.15, -0.1) is 0 Å². The first kappa shape index (κ1) is 23.9. The Labute approximate surface area is 150 Å². The zero-order valence-electron chi connectivity index (χ0n) is 15.0. The van der Waals surface area contributed by atoms with Crippen LogP contribution in [-0.4, -0.2) is 78.5 Å². The molecule has 0 spiro atoms. The summed E-state index contributed by atoms with van der Waals surface area (Å²) in [5.41, 5.74) is 0. The second-order valence-electron chi connectivity index (χ2n) is 5.11. The molecule has 2 N–H and O–H groups in total. The van der Waals surface area contributed by atoms with Crippen LogP contribution in [0.2, 0.25) is 0 Å². The quantitative estimate of drug-likeness (QED) is 0.235. The minimum absolute atomic E-state index is 0.477. The van der Waals surface area contributed by atoms with Crippen molar-refractivity contribution in [3.8, 4) is 0 Å². The minimum atomic E-state index is -1.53. The minimum Gasteiger partial charge on any atom is -0.463 e. The molecule has 0 saturated heterocycles. The number of esters is 3. The molecule has 11 nitrogen and oxygen atoms in total. The Morgan fingerprint density at radius 1 is 0.769 bits per heavy atom. The number of rotatable bonds is 12. The number of ether oxygens (including phenoxy) is 5. The molecule has 4 atom stereocenters. The number of aliphatic hydroxyl groups is 2. The van der Waals surface area contributed by atoms with E-state index in [0.29, 0.717) is 0 Å². The molecule has 0 radical (unpaired) electrons. The van der Waals surface area contributed by atoms with Gasteiger partial charge in [0.2, 0.25) is 0 Å². The van der Waals surface area contributed by atoms with Gasteiger partial charge in [0.25, 0.3) is 0 Å². The van der Waals surface area contributed by atoms with Crippen molar-refractivity contribution in [1.29, 1.82) is 0 Å². The van der Waals surface area contributed by atoms with Crippen molar-refractivity contribution in [3.63, 3.8) is 0 Å². The fraction of sp³-hybridized carbons (Fsp3) is 0.733. The van der Waals surface area contributed by atoms with Gasteiger partial charge in [0.05, 0.1) is 0 Å². The van der Waals surface area contributed by atoms with Gasteiger partial charge in [-0.25, -0.2) is 0 Å². The predicted molar refractivity (Wildman–Crippen MR) is 82.3 cm³/mol. The molecule has 150 valence electrons. The summed E-state index contributed by atoms with van der Waals surface area (Å²) in [7, 11) is 0. The molecule has 0 aliphatic heterocycles. The van der Waals surface area contributed by atoms with Crippen LogP contribution >= 0.6 is 0 Å². The third-order valence-electron chi connectivity index (χ3n) is 2.99. The van der Waals surface area contributed by atoms with Crippen LogP contribution in [0.5, 0.6) is 0 Å². The van der Waals surface area contributed by atoms with E-state index in [1.807, 2.05) is 0 Å². The Hall–Kier alpha value is -2.08. The number of ketones is 1. The van der Waals surface area contributed by atoms with Crippen molar-refractivity contribution in [2.24, 2.45) is 0 Å². The van der Waals surface area contributed by atoms with Crippen LogP contribution in [0, 0.1) is 0 Å². The van der Waals surface area contributed by atoms with E-state index >= 15 is 0 Å². The third-order valence-corrected chi connectivity index (χ3v) is 2.99. The number of hydrogen-bond acceptors (Lipinski definition) is 11. The van der Waals surface area contributed by atoms with Gasteiger partial charge in [-0.3, -0.25) is 19.2 Å². The van der Waals surface area contributed by atoms with Crippen LogP contribution in [0.1, 0.15) is 27.7 Å². The highest BCUT2D eigenvalue weighted by atomic mass is 16.7. The Morgan fingerprint density at radius 2 is 1.27 bits per heavy atom. The molecule has 0 fully saturated rings. The molecular formula is C15H24O11. The summed E-state index contributed by atoms with van der Waals surface area (Å²) in [6, 6.07) is 0. The van der Waals surface area contributed by atoms with Crippen LogP contribution in [0.4, 0.5) is 0 Å². The molecule has 0 aliphatic rings. The molecule has 0 heterocycles. The van der Waals surface area contributed by atoms with E-state index in [1.165, 1.54) is 0 Å². The molecule has 0 bridgehead atoms. The van der Waals surface area contributed by atoms with E-state index in [9.17, 15) is 19.2 Å². The maximum atomic E-state index is 11.9. The van der Waals surface area contributed by atoms with Crippen molar-refractivity contribution >= 4 is 23.7 Å². The maximum absolute atomic E-state index is 11.9. The fourth-order valence-corrected chi connectivity index (χ4v) is 2.10. The van der Waals surface area contributed by atoms with E-state index in [0.717, 1.165) is 27.7 Å². The van der Waals surface area contributed by atoms with Gasteiger partial charge in [0, 0.05) is 20.8 Å². The van der Waals surface area contributed by atoms with E-state index in [2.05, 4.69) is 0 Å². The lowest BCUT2D eigenvalue weighted by atomic mass is 10.00. The molecule has 26 heavy (non-hydrogen) atoms. The van der Waals surface area contributed by atoms with Gasteiger partial charge in [0.15, 0.2) is 24.1 Å². The monoisotopic (exact) mass is 380 g/mol. The van der Waals surface area contributed by atoms with E-state index < -0.39 is 68.3 Å². The Bertz CT molecular complexity index is 490. The highest BCUT2D eigenvalue weighted by Crippen LogP contribution is 2.20. The van der Waals surface area contributed by atoms with Gasteiger partial charge in [0.1, 0.15) is 26.3 Å². The van der Waals surface area contributed by atoms with E-state index in [-0.39, 0.29) is 0 Å². The lowest BCUT2D eigenvalue weighted by Crippen LogP contribution is -2.54. The largest absolute Gasteiger partial charge is 0.463 e. The zero-order valence-corrected chi connectivity index (χ0v) is 15.0. The summed E-state index contributed by atoms with van der Waals surface area (Å²) in [5.74, 6) is -2.99. The molecule has 0 aromatic carbocycles. The van der Waals surface area contributed by atoms with Crippen LogP contribution in [0.15, 0.2) is 0 Å². The van der Waals surface area contributed by atoms with Crippen molar-refractivity contribution in [2.45, 2.75) is 52.1 Å². The molecule has 0 amide bonds. The van der Waals surface area contributed by atoms with Crippen molar-refractivity contribution in [2.75, 3.05) is 20.2 Å². The Balaban J connectivity index is 5.88. The lowest BCUT2D eigenvalue weighted by Gasteiger charge is -2.34. The van der Waals surface area contributed by atoms with E-state index in [1.54, 1.807) is 0 Å². The lowest BCUT2D eigenvalue weighted by molar-refractivity contribution is -0.211. The standard InChI is InChI=1S/C15H24O11/c1-8(18)13(24-7-17)15(26-11(4)21)14(25-10(3)20)12(23-6-16)5-22-9(2)19/h12-17H,5-7H2,1-4H3. The summed E-state index contributed by atoms with van der Waals surface area (Å²) in [6.07, 6.45) is -5.81. The van der Waals surface area contributed by atoms with Gasteiger partial charge >= 0.3 is 17.9 Å².